The summed E-state index contributed by atoms with van der Waals surface area (Å²) < 4.78 is 5.45. The van der Waals surface area contributed by atoms with Crippen LogP contribution in [0.15, 0.2) is 30.6 Å². The number of rotatable bonds is 3. The first-order chi connectivity index (χ1) is 16.5. The number of carboxylic acids is 1. The molecule has 2 aromatic rings. The minimum Gasteiger partial charge on any atom is -0.478 e. The van der Waals surface area contributed by atoms with Crippen LogP contribution in [0.3, 0.4) is 0 Å². The molecule has 0 saturated carbocycles. The number of hydrogen-bond acceptors (Lipinski definition) is 8. The van der Waals surface area contributed by atoms with E-state index in [2.05, 4.69) is 21.8 Å². The van der Waals surface area contributed by atoms with Crippen LogP contribution in [-0.4, -0.2) is 68.7 Å². The molecule has 1 amide bonds. The van der Waals surface area contributed by atoms with E-state index in [0.717, 1.165) is 43.9 Å². The first kappa shape index (κ1) is 25.9. The van der Waals surface area contributed by atoms with Crippen molar-refractivity contribution in [3.05, 3.63) is 57.5 Å². The molecule has 1 aromatic heterocycles. The van der Waals surface area contributed by atoms with E-state index in [1.165, 1.54) is 23.4 Å². The monoisotopic (exact) mass is 485 g/mol. The smallest absolute Gasteiger partial charge is 0.410 e. The fraction of sp³-hybridized carbons (Fsp3) is 0.500. The second-order valence-corrected chi connectivity index (χ2v) is 9.56. The molecule has 2 aliphatic rings. The SMILES string of the molecule is CC1CCc2ncnc(N3CCN(C(=O)OC(C)(C)C)CC3)c21.O=C(O)c1ccc([N+](=O)[O-])cc1. The molecule has 1 atom stereocenters. The summed E-state index contributed by atoms with van der Waals surface area (Å²) in [4.78, 5) is 45.1. The van der Waals surface area contributed by atoms with E-state index in [4.69, 9.17) is 9.84 Å². The highest BCUT2D eigenvalue weighted by Crippen LogP contribution is 2.37. The van der Waals surface area contributed by atoms with E-state index in [-0.39, 0.29) is 17.3 Å². The van der Waals surface area contributed by atoms with Crippen LogP contribution in [0.5, 0.6) is 0 Å². The number of aromatic carboxylic acids is 1. The van der Waals surface area contributed by atoms with E-state index in [0.29, 0.717) is 19.0 Å². The number of anilines is 1. The van der Waals surface area contributed by atoms with Crippen molar-refractivity contribution in [1.82, 2.24) is 14.9 Å². The number of aryl methyl sites for hydroxylation is 1. The summed E-state index contributed by atoms with van der Waals surface area (Å²) in [7, 11) is 0. The van der Waals surface area contributed by atoms with E-state index >= 15 is 0 Å². The molecule has 0 bridgehead atoms. The molecule has 1 aliphatic carbocycles. The Balaban J connectivity index is 0.000000241. The summed E-state index contributed by atoms with van der Waals surface area (Å²) in [5.41, 5.74) is 1.98. The second-order valence-electron chi connectivity index (χ2n) is 9.56. The number of nitrogens with zero attached hydrogens (tertiary/aromatic N) is 5. The lowest BCUT2D eigenvalue weighted by Gasteiger charge is -2.37. The zero-order chi connectivity index (χ0) is 25.8. The fourth-order valence-electron chi connectivity index (χ4n) is 4.03. The lowest BCUT2D eigenvalue weighted by Crippen LogP contribution is -2.50. The van der Waals surface area contributed by atoms with Gasteiger partial charge in [0.1, 0.15) is 17.7 Å². The second kappa shape index (κ2) is 10.7. The first-order valence-corrected chi connectivity index (χ1v) is 11.5. The highest BCUT2D eigenvalue weighted by Gasteiger charge is 2.30. The van der Waals surface area contributed by atoms with E-state index in [1.54, 1.807) is 11.2 Å². The van der Waals surface area contributed by atoms with Crippen molar-refractivity contribution in [1.29, 1.82) is 0 Å². The van der Waals surface area contributed by atoms with Crippen LogP contribution in [0.2, 0.25) is 0 Å². The van der Waals surface area contributed by atoms with Gasteiger partial charge in [0, 0.05) is 49.6 Å². The average molecular weight is 486 g/mol. The Kier molecular flexibility index (Phi) is 7.88. The molecule has 0 spiro atoms. The van der Waals surface area contributed by atoms with Gasteiger partial charge in [-0.1, -0.05) is 6.92 Å². The molecule has 11 nitrogen and oxygen atoms in total. The summed E-state index contributed by atoms with van der Waals surface area (Å²) in [6.07, 6.45) is 3.65. The van der Waals surface area contributed by atoms with Crippen molar-refractivity contribution in [3.63, 3.8) is 0 Å². The summed E-state index contributed by atoms with van der Waals surface area (Å²) in [6.45, 7) is 10.8. The maximum Gasteiger partial charge on any atom is 0.410 e. The predicted molar refractivity (Wildman–Crippen MR) is 129 cm³/mol. The van der Waals surface area contributed by atoms with Crippen molar-refractivity contribution >= 4 is 23.6 Å². The largest absolute Gasteiger partial charge is 0.478 e. The number of carbonyl (C=O) groups is 2. The van der Waals surface area contributed by atoms with Crippen LogP contribution in [0.4, 0.5) is 16.3 Å². The van der Waals surface area contributed by atoms with Gasteiger partial charge >= 0.3 is 12.1 Å². The first-order valence-electron chi connectivity index (χ1n) is 11.5. The molecule has 35 heavy (non-hydrogen) atoms. The van der Waals surface area contributed by atoms with Crippen LogP contribution < -0.4 is 4.90 Å². The Labute approximate surface area is 203 Å². The number of piperazine rings is 1. The van der Waals surface area contributed by atoms with Gasteiger partial charge < -0.3 is 19.6 Å². The van der Waals surface area contributed by atoms with Crippen LogP contribution in [0, 0.1) is 10.1 Å². The molecule has 1 unspecified atom stereocenters. The Hall–Kier alpha value is -3.76. The number of amides is 1. The van der Waals surface area contributed by atoms with Crippen molar-refractivity contribution in [2.75, 3.05) is 31.1 Å². The molecule has 2 heterocycles. The molecule has 1 aliphatic heterocycles. The summed E-state index contributed by atoms with van der Waals surface area (Å²) in [5, 5.41) is 18.6. The molecule has 0 radical (unpaired) electrons. The highest BCUT2D eigenvalue weighted by atomic mass is 16.6. The third kappa shape index (κ3) is 6.65. The highest BCUT2D eigenvalue weighted by molar-refractivity contribution is 5.87. The van der Waals surface area contributed by atoms with Crippen molar-refractivity contribution < 1.29 is 24.4 Å². The number of fused-ring (bicyclic) bond motifs is 1. The van der Waals surface area contributed by atoms with Crippen molar-refractivity contribution in [2.24, 2.45) is 0 Å². The molecule has 1 fully saturated rings. The molecule has 1 aromatic carbocycles. The summed E-state index contributed by atoms with van der Waals surface area (Å²) in [6, 6.07) is 4.70. The van der Waals surface area contributed by atoms with Gasteiger partial charge in [-0.15, -0.1) is 0 Å². The van der Waals surface area contributed by atoms with Gasteiger partial charge in [0.15, 0.2) is 0 Å². The van der Waals surface area contributed by atoms with Gasteiger partial charge in [0.05, 0.1) is 10.5 Å². The zero-order valence-corrected chi connectivity index (χ0v) is 20.4. The zero-order valence-electron chi connectivity index (χ0n) is 20.4. The standard InChI is InChI=1S/C17H26N4O2.C7H5NO4/c1-12-5-6-13-14(12)15(19-11-18-13)20-7-9-21(10-8-20)16(22)23-17(2,3)4;9-7(10)5-1-3-6(4-2-5)8(11)12/h11-12H,5-10H2,1-4H3;1-4H,(H,9,10). The van der Waals surface area contributed by atoms with Crippen LogP contribution in [0.1, 0.15) is 61.6 Å². The number of nitro groups is 1. The van der Waals surface area contributed by atoms with Crippen LogP contribution in [-0.2, 0) is 11.2 Å². The third-order valence-electron chi connectivity index (χ3n) is 5.81. The number of benzene rings is 1. The van der Waals surface area contributed by atoms with Gasteiger partial charge in [-0.2, -0.15) is 0 Å². The molecule has 11 heteroatoms. The van der Waals surface area contributed by atoms with Gasteiger partial charge in [0.25, 0.3) is 5.69 Å². The van der Waals surface area contributed by atoms with Gasteiger partial charge in [0.2, 0.25) is 0 Å². The maximum atomic E-state index is 12.2. The Bertz CT molecular complexity index is 1040. The molecule has 188 valence electrons. The van der Waals surface area contributed by atoms with Gasteiger partial charge in [-0.3, -0.25) is 10.1 Å². The predicted octanol–water partition coefficient (Wildman–Crippen LogP) is 3.88. The number of nitro benzene ring substituents is 1. The summed E-state index contributed by atoms with van der Waals surface area (Å²) in [5.74, 6) is 0.485. The Morgan fingerprint density at radius 1 is 1.11 bits per heavy atom. The fourth-order valence-corrected chi connectivity index (χ4v) is 4.03. The minimum absolute atomic E-state index is 0.0422. The molecule has 1 saturated heterocycles. The van der Waals surface area contributed by atoms with Crippen molar-refractivity contribution in [2.45, 2.75) is 52.1 Å². The molecule has 4 rings (SSSR count). The number of aromatic nitrogens is 2. The third-order valence-corrected chi connectivity index (χ3v) is 5.81. The maximum absolute atomic E-state index is 12.2. The Morgan fingerprint density at radius 2 is 1.74 bits per heavy atom. The van der Waals surface area contributed by atoms with Gasteiger partial charge in [-0.25, -0.2) is 19.6 Å². The number of carboxylic acid groups (broad SMARTS) is 1. The summed E-state index contributed by atoms with van der Waals surface area (Å²) >= 11 is 0. The van der Waals surface area contributed by atoms with Crippen LogP contribution in [0.25, 0.3) is 0 Å². The molecular formula is C24H31N5O6. The van der Waals surface area contributed by atoms with Crippen molar-refractivity contribution in [3.8, 4) is 0 Å². The van der Waals surface area contributed by atoms with E-state index in [1.807, 2.05) is 20.8 Å². The Morgan fingerprint density at radius 3 is 2.29 bits per heavy atom. The quantitative estimate of drug-likeness (QED) is 0.507. The van der Waals surface area contributed by atoms with E-state index < -0.39 is 16.5 Å². The minimum atomic E-state index is -1.09. The van der Waals surface area contributed by atoms with E-state index in [9.17, 15) is 19.7 Å². The number of carbonyl (C=O) groups excluding carboxylic acids is 1. The van der Waals surface area contributed by atoms with Crippen LogP contribution >= 0.6 is 0 Å². The average Bonchev–Trinajstić information content (AvgIpc) is 3.19. The lowest BCUT2D eigenvalue weighted by molar-refractivity contribution is -0.384. The lowest BCUT2D eigenvalue weighted by atomic mass is 10.1. The molecule has 1 N–H and O–H groups in total. The normalized spacial score (nSPS) is 17.2. The number of ether oxygens (including phenoxy) is 1. The van der Waals surface area contributed by atoms with Gasteiger partial charge in [-0.05, 0) is 51.7 Å². The number of hydrogen-bond donors (Lipinski definition) is 1. The topological polar surface area (TPSA) is 139 Å². The molecular weight excluding hydrogens is 454 g/mol. The number of non-ortho nitro benzene ring substituents is 1.